The lowest BCUT2D eigenvalue weighted by atomic mass is 9.93. The van der Waals surface area contributed by atoms with Gasteiger partial charge in [0.15, 0.2) is 11.5 Å². The van der Waals surface area contributed by atoms with E-state index in [0.29, 0.717) is 30.5 Å². The molecule has 0 unspecified atom stereocenters. The normalized spacial score (nSPS) is 16.7. The van der Waals surface area contributed by atoms with Crippen LogP contribution in [0.4, 0.5) is 26.3 Å². The topological polar surface area (TPSA) is 77.6 Å². The first-order chi connectivity index (χ1) is 14.9. The van der Waals surface area contributed by atoms with Crippen LogP contribution in [0, 0.1) is 0 Å². The Hall–Kier alpha value is -3.38. The van der Waals surface area contributed by atoms with Gasteiger partial charge in [-0.3, -0.25) is 9.78 Å². The first kappa shape index (κ1) is 21.8. The van der Waals surface area contributed by atoms with Gasteiger partial charge >= 0.3 is 12.4 Å². The predicted molar refractivity (Wildman–Crippen MR) is 97.7 cm³/mol. The van der Waals surface area contributed by atoms with Crippen LogP contribution in [0.1, 0.15) is 52.1 Å². The van der Waals surface area contributed by atoms with Crippen molar-refractivity contribution in [2.24, 2.45) is 7.05 Å². The summed E-state index contributed by atoms with van der Waals surface area (Å²) in [7, 11) is 1.28. The fourth-order valence-corrected chi connectivity index (χ4v) is 3.57. The van der Waals surface area contributed by atoms with Crippen molar-refractivity contribution in [3.63, 3.8) is 0 Å². The molecule has 0 saturated heterocycles. The Morgan fingerprint density at radius 1 is 1.12 bits per heavy atom. The third-order valence-electron chi connectivity index (χ3n) is 5.08. The Kier molecular flexibility index (Phi) is 5.21. The minimum Gasteiger partial charge on any atom is -0.342 e. The van der Waals surface area contributed by atoms with E-state index in [1.54, 1.807) is 0 Å². The summed E-state index contributed by atoms with van der Waals surface area (Å²) < 4.78 is 79.8. The molecule has 0 bridgehead atoms. The summed E-state index contributed by atoms with van der Waals surface area (Å²) in [4.78, 5) is 19.3. The highest BCUT2D eigenvalue weighted by Gasteiger charge is 2.36. The third-order valence-corrected chi connectivity index (χ3v) is 5.08. The summed E-state index contributed by atoms with van der Waals surface area (Å²) in [6, 6.07) is 1.65. The Morgan fingerprint density at radius 3 is 2.50 bits per heavy atom. The van der Waals surface area contributed by atoms with Crippen LogP contribution in [-0.4, -0.2) is 30.2 Å². The Labute approximate surface area is 177 Å². The molecule has 0 radical (unpaired) electrons. The summed E-state index contributed by atoms with van der Waals surface area (Å²) in [5, 5.41) is 6.99. The van der Waals surface area contributed by atoms with Gasteiger partial charge < -0.3 is 9.88 Å². The highest BCUT2D eigenvalue weighted by molar-refractivity contribution is 5.91. The molecule has 1 N–H and O–H groups in total. The summed E-state index contributed by atoms with van der Waals surface area (Å²) >= 11 is 0. The van der Waals surface area contributed by atoms with Gasteiger partial charge in [-0.1, -0.05) is 0 Å². The first-order valence-corrected chi connectivity index (χ1v) is 9.47. The molecule has 0 spiro atoms. The van der Waals surface area contributed by atoms with E-state index in [4.69, 9.17) is 0 Å². The minimum absolute atomic E-state index is 0.144. The molecule has 0 aromatic carbocycles. The van der Waals surface area contributed by atoms with E-state index in [-0.39, 0.29) is 5.69 Å². The minimum atomic E-state index is -4.69. The summed E-state index contributed by atoms with van der Waals surface area (Å²) in [5.74, 6) is -1.20. The van der Waals surface area contributed by atoms with Gasteiger partial charge in [0.2, 0.25) is 0 Å². The van der Waals surface area contributed by atoms with Gasteiger partial charge in [-0.25, -0.2) is 9.67 Å². The zero-order valence-electron chi connectivity index (χ0n) is 16.5. The maximum Gasteiger partial charge on any atom is 0.434 e. The number of fused-ring (bicyclic) bond motifs is 1. The Morgan fingerprint density at radius 2 is 1.84 bits per heavy atom. The number of rotatable bonds is 3. The summed E-state index contributed by atoms with van der Waals surface area (Å²) in [6.07, 6.45) is -4.37. The number of nitrogens with zero attached hydrogens (tertiary/aromatic N) is 5. The van der Waals surface area contributed by atoms with Crippen LogP contribution in [0.3, 0.4) is 0 Å². The third kappa shape index (κ3) is 4.18. The van der Waals surface area contributed by atoms with Crippen LogP contribution < -0.4 is 5.32 Å². The molecule has 13 heteroatoms. The van der Waals surface area contributed by atoms with Crippen LogP contribution in [0.2, 0.25) is 0 Å². The molecule has 3 aromatic heterocycles. The standard InChI is InChI=1S/C19H16F6N6O/c1-30-9-15(19(23,24)25)28-16(30)17(32)27-12-3-2-4-13-11(12)8-31(29-13)10-5-6-26-14(7-10)18(20,21)22/h5-9,12H,2-4H2,1H3,(H,27,32)/t12-/m0/s1. The quantitative estimate of drug-likeness (QED) is 0.605. The molecule has 1 atom stereocenters. The monoisotopic (exact) mass is 458 g/mol. The van der Waals surface area contributed by atoms with Gasteiger partial charge in [0.05, 0.1) is 17.4 Å². The lowest BCUT2D eigenvalue weighted by Gasteiger charge is -2.22. The number of pyridine rings is 1. The van der Waals surface area contributed by atoms with E-state index in [1.165, 1.54) is 24.0 Å². The number of nitrogens with one attached hydrogen (secondary N) is 1. The average Bonchev–Trinajstić information content (AvgIpc) is 3.32. The van der Waals surface area contributed by atoms with E-state index >= 15 is 0 Å². The molecular weight excluding hydrogens is 442 g/mol. The molecule has 3 heterocycles. The Balaban J connectivity index is 1.60. The average molecular weight is 458 g/mol. The van der Waals surface area contributed by atoms with Crippen molar-refractivity contribution in [3.8, 4) is 5.69 Å². The number of amides is 1. The number of halogens is 6. The van der Waals surface area contributed by atoms with Gasteiger partial charge in [-0.2, -0.15) is 31.4 Å². The van der Waals surface area contributed by atoms with Crippen molar-refractivity contribution in [3.05, 3.63) is 59.2 Å². The number of carbonyl (C=O) groups excluding carboxylic acids is 1. The smallest absolute Gasteiger partial charge is 0.342 e. The van der Waals surface area contributed by atoms with Crippen molar-refractivity contribution < 1.29 is 31.1 Å². The fraction of sp³-hybridized carbons (Fsp3) is 0.368. The SMILES string of the molecule is Cn1cc(C(F)(F)F)nc1C(=O)N[C@H]1CCCc2nn(-c3ccnc(C(F)(F)F)c3)cc21. The second-order valence-corrected chi connectivity index (χ2v) is 7.35. The van der Waals surface area contributed by atoms with Crippen LogP contribution >= 0.6 is 0 Å². The van der Waals surface area contributed by atoms with Crippen LogP contribution in [-0.2, 0) is 25.8 Å². The fourth-order valence-electron chi connectivity index (χ4n) is 3.57. The molecule has 1 amide bonds. The number of aromatic nitrogens is 5. The Bertz CT molecular complexity index is 1160. The number of aryl methyl sites for hydroxylation is 2. The molecule has 0 fully saturated rings. The van der Waals surface area contributed by atoms with Gasteiger partial charge in [-0.15, -0.1) is 0 Å². The second kappa shape index (κ2) is 7.64. The maximum absolute atomic E-state index is 13.0. The summed E-state index contributed by atoms with van der Waals surface area (Å²) in [5.41, 5.74) is -0.933. The van der Waals surface area contributed by atoms with E-state index in [2.05, 4.69) is 20.4 Å². The number of alkyl halides is 6. The van der Waals surface area contributed by atoms with Crippen molar-refractivity contribution >= 4 is 5.91 Å². The molecular formula is C19H16F6N6O. The highest BCUT2D eigenvalue weighted by atomic mass is 19.4. The molecule has 1 aliphatic carbocycles. The van der Waals surface area contributed by atoms with Crippen molar-refractivity contribution in [2.45, 2.75) is 37.7 Å². The van der Waals surface area contributed by atoms with Gasteiger partial charge in [0, 0.05) is 31.2 Å². The molecule has 0 saturated carbocycles. The molecule has 7 nitrogen and oxygen atoms in total. The largest absolute Gasteiger partial charge is 0.434 e. The lowest BCUT2D eigenvalue weighted by molar-refractivity contribution is -0.141. The van der Waals surface area contributed by atoms with Crippen LogP contribution in [0.25, 0.3) is 5.69 Å². The first-order valence-electron chi connectivity index (χ1n) is 9.47. The van der Waals surface area contributed by atoms with Crippen molar-refractivity contribution in [2.75, 3.05) is 0 Å². The number of hydrogen-bond acceptors (Lipinski definition) is 4. The van der Waals surface area contributed by atoms with Crippen molar-refractivity contribution in [1.29, 1.82) is 0 Å². The zero-order valence-corrected chi connectivity index (χ0v) is 16.5. The zero-order chi connectivity index (χ0) is 23.3. The van der Waals surface area contributed by atoms with Crippen LogP contribution in [0.5, 0.6) is 0 Å². The molecule has 32 heavy (non-hydrogen) atoms. The summed E-state index contributed by atoms with van der Waals surface area (Å²) in [6.45, 7) is 0. The van der Waals surface area contributed by atoms with E-state index < -0.39 is 41.5 Å². The van der Waals surface area contributed by atoms with Gasteiger partial charge in [0.1, 0.15) is 5.69 Å². The second-order valence-electron chi connectivity index (χ2n) is 7.35. The number of imidazole rings is 1. The predicted octanol–water partition coefficient (Wildman–Crippen LogP) is 3.85. The molecule has 0 aliphatic heterocycles. The highest BCUT2D eigenvalue weighted by Crippen LogP contribution is 2.32. The van der Waals surface area contributed by atoms with Gasteiger partial charge in [-0.05, 0) is 31.4 Å². The molecule has 4 rings (SSSR count). The van der Waals surface area contributed by atoms with E-state index in [9.17, 15) is 31.1 Å². The maximum atomic E-state index is 13.0. The van der Waals surface area contributed by atoms with Crippen molar-refractivity contribution in [1.82, 2.24) is 29.6 Å². The lowest BCUT2D eigenvalue weighted by Crippen LogP contribution is -2.32. The molecule has 170 valence electrons. The van der Waals surface area contributed by atoms with E-state index in [1.807, 2.05) is 0 Å². The van der Waals surface area contributed by atoms with Gasteiger partial charge in [0.25, 0.3) is 5.91 Å². The molecule has 1 aliphatic rings. The van der Waals surface area contributed by atoms with Crippen LogP contribution in [0.15, 0.2) is 30.7 Å². The number of hydrogen-bond donors (Lipinski definition) is 1. The number of carbonyl (C=O) groups is 1. The molecule has 3 aromatic rings. The van der Waals surface area contributed by atoms with E-state index in [0.717, 1.165) is 23.0 Å².